The van der Waals surface area contributed by atoms with Crippen LogP contribution < -0.4 is 0 Å². The largest absolute Gasteiger partial charge is 0.341 e. The van der Waals surface area contributed by atoms with Crippen LogP contribution in [-0.2, 0) is 4.79 Å². The molecule has 1 unspecified atom stereocenters. The first-order valence-corrected chi connectivity index (χ1v) is 7.99. The van der Waals surface area contributed by atoms with Gasteiger partial charge in [0.1, 0.15) is 18.7 Å². The molecule has 1 fully saturated rings. The predicted octanol–water partition coefficient (Wildman–Crippen LogP) is 1.57. The molecule has 23 heavy (non-hydrogen) atoms. The van der Waals surface area contributed by atoms with Crippen molar-refractivity contribution in [3.8, 4) is 0 Å². The van der Waals surface area contributed by atoms with Crippen molar-refractivity contribution < 1.29 is 9.32 Å². The first-order valence-electron chi connectivity index (χ1n) is 7.99. The Balaban J connectivity index is 1.65. The number of hydrogen-bond donors (Lipinski definition) is 0. The van der Waals surface area contributed by atoms with Gasteiger partial charge in [0.25, 0.3) is 0 Å². The Bertz CT molecular complexity index is 643. The number of rotatable bonds is 4. The summed E-state index contributed by atoms with van der Waals surface area (Å²) in [5.41, 5.74) is 0. The summed E-state index contributed by atoms with van der Waals surface area (Å²) in [6.07, 6.45) is 4.76. The summed E-state index contributed by atoms with van der Waals surface area (Å²) >= 11 is 0. The van der Waals surface area contributed by atoms with Crippen molar-refractivity contribution in [2.45, 2.75) is 45.6 Å². The molecule has 8 nitrogen and oxygen atoms in total. The Kier molecular flexibility index (Phi) is 4.40. The summed E-state index contributed by atoms with van der Waals surface area (Å²) in [7, 11) is 0. The van der Waals surface area contributed by atoms with Crippen LogP contribution in [-0.4, -0.2) is 48.8 Å². The number of piperidine rings is 1. The van der Waals surface area contributed by atoms with Gasteiger partial charge in [0, 0.05) is 19.0 Å². The molecule has 0 saturated carbocycles. The maximum atomic E-state index is 12.9. The molecule has 8 heteroatoms. The van der Waals surface area contributed by atoms with Gasteiger partial charge in [0.2, 0.25) is 11.8 Å². The van der Waals surface area contributed by atoms with Crippen LogP contribution in [0.5, 0.6) is 0 Å². The third kappa shape index (κ3) is 3.25. The summed E-state index contributed by atoms with van der Waals surface area (Å²) in [6.45, 7) is 7.26. The lowest BCUT2D eigenvalue weighted by Crippen LogP contribution is -2.43. The Morgan fingerprint density at radius 3 is 2.61 bits per heavy atom. The minimum absolute atomic E-state index is 0.102. The molecule has 0 spiro atoms. The molecule has 124 valence electrons. The molecular formula is C15H22N6O2. The summed E-state index contributed by atoms with van der Waals surface area (Å²) in [5, 5.41) is 7.99. The van der Waals surface area contributed by atoms with Crippen molar-refractivity contribution in [1.29, 1.82) is 0 Å². The first kappa shape index (κ1) is 15.6. The maximum absolute atomic E-state index is 12.9. The first-order chi connectivity index (χ1) is 11.1. The van der Waals surface area contributed by atoms with E-state index in [1.165, 1.54) is 6.33 Å². The summed E-state index contributed by atoms with van der Waals surface area (Å²) in [5.74, 6) is 1.84. The van der Waals surface area contributed by atoms with Crippen LogP contribution in [0.2, 0.25) is 0 Å². The van der Waals surface area contributed by atoms with Crippen molar-refractivity contribution >= 4 is 5.91 Å². The van der Waals surface area contributed by atoms with Gasteiger partial charge in [0.05, 0.1) is 0 Å². The molecule has 3 rings (SSSR count). The van der Waals surface area contributed by atoms with Crippen molar-refractivity contribution in [3.05, 3.63) is 24.4 Å². The Morgan fingerprint density at radius 1 is 1.35 bits per heavy atom. The molecule has 1 amide bonds. The second kappa shape index (κ2) is 6.47. The van der Waals surface area contributed by atoms with E-state index in [-0.39, 0.29) is 23.8 Å². The van der Waals surface area contributed by atoms with E-state index in [1.807, 2.05) is 25.7 Å². The van der Waals surface area contributed by atoms with Crippen molar-refractivity contribution in [3.63, 3.8) is 0 Å². The van der Waals surface area contributed by atoms with Crippen molar-refractivity contribution in [2.24, 2.45) is 5.92 Å². The van der Waals surface area contributed by atoms with Crippen LogP contribution in [0.1, 0.15) is 50.4 Å². The zero-order valence-corrected chi connectivity index (χ0v) is 13.7. The number of carbonyl (C=O) groups excluding carboxylic acids is 1. The molecule has 2 aromatic rings. The highest BCUT2D eigenvalue weighted by Gasteiger charge is 2.33. The highest BCUT2D eigenvalue weighted by molar-refractivity contribution is 5.80. The molecule has 1 aliphatic rings. The fourth-order valence-corrected chi connectivity index (χ4v) is 3.08. The van der Waals surface area contributed by atoms with Gasteiger partial charge in [0.15, 0.2) is 5.82 Å². The molecule has 0 aliphatic carbocycles. The second-order valence-corrected chi connectivity index (χ2v) is 6.34. The fourth-order valence-electron chi connectivity index (χ4n) is 3.08. The van der Waals surface area contributed by atoms with Crippen LogP contribution in [0.4, 0.5) is 0 Å². The normalized spacial score (nSPS) is 17.7. The van der Waals surface area contributed by atoms with E-state index in [0.29, 0.717) is 24.8 Å². The Labute approximate surface area is 134 Å². The van der Waals surface area contributed by atoms with Crippen LogP contribution in [0, 0.1) is 12.8 Å². The SMILES string of the molecule is Cc1noc(C2CCN(C(=O)C(C(C)C)n3cncn3)CC2)n1. The monoisotopic (exact) mass is 318 g/mol. The minimum atomic E-state index is -0.306. The standard InChI is InChI=1S/C15H22N6O2/c1-10(2)13(21-9-16-8-17-21)15(22)20-6-4-12(5-7-20)14-18-11(3)19-23-14/h8-10,12-13H,4-7H2,1-3H3. The van der Waals surface area contributed by atoms with Gasteiger partial charge in [-0.1, -0.05) is 19.0 Å². The highest BCUT2D eigenvalue weighted by Crippen LogP contribution is 2.29. The zero-order chi connectivity index (χ0) is 16.4. The number of likely N-dealkylation sites (tertiary alicyclic amines) is 1. The Morgan fingerprint density at radius 2 is 2.09 bits per heavy atom. The van der Waals surface area contributed by atoms with E-state index in [9.17, 15) is 4.79 Å². The second-order valence-electron chi connectivity index (χ2n) is 6.34. The topological polar surface area (TPSA) is 89.9 Å². The third-order valence-corrected chi connectivity index (χ3v) is 4.31. The van der Waals surface area contributed by atoms with Gasteiger partial charge in [-0.2, -0.15) is 10.1 Å². The number of aromatic nitrogens is 5. The van der Waals surface area contributed by atoms with Crippen LogP contribution >= 0.6 is 0 Å². The van der Waals surface area contributed by atoms with Crippen molar-refractivity contribution in [1.82, 2.24) is 29.8 Å². The molecule has 0 N–H and O–H groups in total. The molecule has 0 aromatic carbocycles. The van der Waals surface area contributed by atoms with Gasteiger partial charge in [-0.25, -0.2) is 9.67 Å². The van der Waals surface area contributed by atoms with Crippen LogP contribution in [0.3, 0.4) is 0 Å². The zero-order valence-electron chi connectivity index (χ0n) is 13.7. The summed E-state index contributed by atoms with van der Waals surface area (Å²) in [6, 6.07) is -0.306. The molecule has 1 atom stereocenters. The summed E-state index contributed by atoms with van der Waals surface area (Å²) in [4.78, 5) is 23.0. The number of carbonyl (C=O) groups is 1. The van der Waals surface area contributed by atoms with E-state index in [0.717, 1.165) is 12.8 Å². The van der Waals surface area contributed by atoms with Gasteiger partial charge in [-0.3, -0.25) is 4.79 Å². The molecular weight excluding hydrogens is 296 g/mol. The lowest BCUT2D eigenvalue weighted by Gasteiger charge is -2.34. The van der Waals surface area contributed by atoms with E-state index in [4.69, 9.17) is 4.52 Å². The number of nitrogens with zero attached hydrogens (tertiary/aromatic N) is 6. The van der Waals surface area contributed by atoms with E-state index in [1.54, 1.807) is 11.0 Å². The van der Waals surface area contributed by atoms with Crippen LogP contribution in [0.15, 0.2) is 17.2 Å². The third-order valence-electron chi connectivity index (χ3n) is 4.31. The van der Waals surface area contributed by atoms with E-state index in [2.05, 4.69) is 20.2 Å². The molecule has 2 aromatic heterocycles. The molecule has 3 heterocycles. The van der Waals surface area contributed by atoms with Crippen LogP contribution in [0.25, 0.3) is 0 Å². The predicted molar refractivity (Wildman–Crippen MR) is 81.5 cm³/mol. The van der Waals surface area contributed by atoms with Gasteiger partial charge in [-0.05, 0) is 25.7 Å². The average molecular weight is 318 g/mol. The number of hydrogen-bond acceptors (Lipinski definition) is 6. The van der Waals surface area contributed by atoms with Gasteiger partial charge >= 0.3 is 0 Å². The van der Waals surface area contributed by atoms with E-state index < -0.39 is 0 Å². The smallest absolute Gasteiger partial charge is 0.247 e. The Hall–Kier alpha value is -2.25. The molecule has 1 aliphatic heterocycles. The highest BCUT2D eigenvalue weighted by atomic mass is 16.5. The lowest BCUT2D eigenvalue weighted by molar-refractivity contribution is -0.137. The maximum Gasteiger partial charge on any atom is 0.247 e. The van der Waals surface area contributed by atoms with Gasteiger partial charge in [-0.15, -0.1) is 0 Å². The lowest BCUT2D eigenvalue weighted by atomic mass is 9.95. The van der Waals surface area contributed by atoms with Gasteiger partial charge < -0.3 is 9.42 Å². The summed E-state index contributed by atoms with van der Waals surface area (Å²) < 4.78 is 6.91. The average Bonchev–Trinajstić information content (AvgIpc) is 3.19. The quantitative estimate of drug-likeness (QED) is 0.850. The number of amides is 1. The fraction of sp³-hybridized carbons (Fsp3) is 0.667. The number of aryl methyl sites for hydroxylation is 1. The molecule has 0 radical (unpaired) electrons. The van der Waals surface area contributed by atoms with Crippen molar-refractivity contribution in [2.75, 3.05) is 13.1 Å². The molecule has 1 saturated heterocycles. The molecule has 0 bridgehead atoms. The van der Waals surface area contributed by atoms with E-state index >= 15 is 0 Å². The minimum Gasteiger partial charge on any atom is -0.341 e.